The lowest BCUT2D eigenvalue weighted by Crippen LogP contribution is -2.10. The molecule has 0 atom stereocenters. The smallest absolute Gasteiger partial charge is 0.144 e. The SMILES string of the molecule is [2H]C([2H])([2H])c1cc(-c2cc(-c3cccc4c3oc3c(C([2H])([2H])[2H])cccc34)ncc2C([2H])([2H])[2H])c(C([2H])([2H])[2H])cc1-c1ccc(C(C)(C)C)cc1. The summed E-state index contributed by atoms with van der Waals surface area (Å²) in [5.41, 5.74) is 1.94. The van der Waals surface area contributed by atoms with Gasteiger partial charge in [0.15, 0.2) is 0 Å². The van der Waals surface area contributed by atoms with Crippen molar-refractivity contribution in [1.29, 1.82) is 0 Å². The molecule has 4 aromatic carbocycles. The van der Waals surface area contributed by atoms with E-state index in [0.29, 0.717) is 27.5 Å². The maximum atomic E-state index is 8.52. The second-order valence-corrected chi connectivity index (χ2v) is 10.9. The lowest BCUT2D eigenvalue weighted by atomic mass is 9.85. The molecule has 0 aliphatic rings. The molecular formula is C37H35NO. The average Bonchev–Trinajstić information content (AvgIpc) is 3.41. The van der Waals surface area contributed by atoms with Crippen LogP contribution in [-0.2, 0) is 5.41 Å². The fourth-order valence-corrected chi connectivity index (χ4v) is 5.06. The van der Waals surface area contributed by atoms with E-state index in [0.717, 1.165) is 11.8 Å². The maximum Gasteiger partial charge on any atom is 0.144 e. The highest BCUT2D eigenvalue weighted by atomic mass is 16.3. The van der Waals surface area contributed by atoms with Crippen molar-refractivity contribution in [1.82, 2.24) is 4.98 Å². The van der Waals surface area contributed by atoms with Gasteiger partial charge in [0.2, 0.25) is 0 Å². The Morgan fingerprint density at radius 3 is 1.97 bits per heavy atom. The van der Waals surface area contributed by atoms with Crippen LogP contribution in [0.25, 0.3) is 55.4 Å². The van der Waals surface area contributed by atoms with Crippen molar-refractivity contribution in [2.45, 2.75) is 53.6 Å². The largest absolute Gasteiger partial charge is 0.455 e. The van der Waals surface area contributed by atoms with Gasteiger partial charge < -0.3 is 4.42 Å². The molecule has 0 spiro atoms. The van der Waals surface area contributed by atoms with E-state index in [-0.39, 0.29) is 55.6 Å². The molecule has 0 aliphatic heterocycles. The molecule has 0 N–H and O–H groups in total. The van der Waals surface area contributed by atoms with Gasteiger partial charge >= 0.3 is 0 Å². The molecule has 194 valence electrons. The minimum absolute atomic E-state index is 0.0254. The molecule has 6 rings (SSSR count). The number of hydrogen-bond acceptors (Lipinski definition) is 2. The number of aromatic nitrogens is 1. The van der Waals surface area contributed by atoms with Crippen molar-refractivity contribution in [3.8, 4) is 33.5 Å². The third-order valence-electron chi connectivity index (χ3n) is 7.21. The molecule has 2 aromatic heterocycles. The third-order valence-corrected chi connectivity index (χ3v) is 7.21. The molecule has 39 heavy (non-hydrogen) atoms. The zero-order valence-electron chi connectivity index (χ0n) is 33.9. The zero-order chi connectivity index (χ0) is 37.5. The van der Waals surface area contributed by atoms with Crippen molar-refractivity contribution < 1.29 is 20.9 Å². The molecule has 0 bridgehead atoms. The van der Waals surface area contributed by atoms with E-state index in [1.807, 2.05) is 32.9 Å². The second-order valence-electron chi connectivity index (χ2n) is 10.9. The molecule has 0 aliphatic carbocycles. The first-order valence-electron chi connectivity index (χ1n) is 18.7. The number of furan rings is 1. The van der Waals surface area contributed by atoms with Crippen molar-refractivity contribution in [2.24, 2.45) is 0 Å². The number of fused-ring (bicyclic) bond motifs is 3. The first-order valence-corrected chi connectivity index (χ1v) is 12.7. The highest BCUT2D eigenvalue weighted by molar-refractivity contribution is 6.10. The molecule has 0 radical (unpaired) electrons. The Bertz CT molecular complexity index is 2280. The van der Waals surface area contributed by atoms with Crippen molar-refractivity contribution >= 4 is 21.9 Å². The summed E-state index contributed by atoms with van der Waals surface area (Å²) < 4.78 is 106. The normalized spacial score (nSPS) is 17.8. The highest BCUT2D eigenvalue weighted by Crippen LogP contribution is 2.39. The van der Waals surface area contributed by atoms with Gasteiger partial charge in [0.25, 0.3) is 0 Å². The summed E-state index contributed by atoms with van der Waals surface area (Å²) in [5, 5.41) is 1.17. The molecule has 0 saturated carbocycles. The molecule has 6 aromatic rings. The van der Waals surface area contributed by atoms with Crippen LogP contribution in [-0.4, -0.2) is 4.98 Å². The van der Waals surface area contributed by atoms with Crippen LogP contribution in [0, 0.1) is 27.4 Å². The Labute approximate surface area is 248 Å². The molecule has 0 unspecified atom stereocenters. The number of hydrogen-bond donors (Lipinski definition) is 0. The van der Waals surface area contributed by atoms with Gasteiger partial charge in [0.05, 0.1) is 5.69 Å². The quantitative estimate of drug-likeness (QED) is 0.231. The minimum Gasteiger partial charge on any atom is -0.455 e. The van der Waals surface area contributed by atoms with Crippen LogP contribution in [0.5, 0.6) is 0 Å². The van der Waals surface area contributed by atoms with Crippen LogP contribution >= 0.6 is 0 Å². The van der Waals surface area contributed by atoms with Gasteiger partial charge in [0, 0.05) is 39.0 Å². The van der Waals surface area contributed by atoms with Gasteiger partial charge in [-0.1, -0.05) is 87.5 Å². The number of rotatable bonds is 3. The monoisotopic (exact) mass is 521 g/mol. The second kappa shape index (κ2) is 9.24. The lowest BCUT2D eigenvalue weighted by Gasteiger charge is -2.20. The molecular weight excluding hydrogens is 474 g/mol. The summed E-state index contributed by atoms with van der Waals surface area (Å²) in [6.45, 7) is -4.54. The molecule has 0 amide bonds. The van der Waals surface area contributed by atoms with E-state index >= 15 is 0 Å². The topological polar surface area (TPSA) is 26.0 Å². The van der Waals surface area contributed by atoms with Gasteiger partial charge in [-0.3, -0.25) is 4.98 Å². The van der Waals surface area contributed by atoms with E-state index in [2.05, 4.69) is 4.98 Å². The number of aryl methyl sites for hydroxylation is 4. The van der Waals surface area contributed by atoms with Crippen LogP contribution in [0.15, 0.2) is 89.5 Å². The zero-order valence-corrected chi connectivity index (χ0v) is 21.9. The van der Waals surface area contributed by atoms with Crippen molar-refractivity contribution in [3.63, 3.8) is 0 Å². The molecule has 0 saturated heterocycles. The van der Waals surface area contributed by atoms with E-state index in [4.69, 9.17) is 20.9 Å². The Morgan fingerprint density at radius 2 is 1.26 bits per heavy atom. The van der Waals surface area contributed by atoms with Gasteiger partial charge in [0.1, 0.15) is 11.2 Å². The van der Waals surface area contributed by atoms with E-state index in [1.54, 1.807) is 42.5 Å². The minimum atomic E-state index is -2.78. The van der Waals surface area contributed by atoms with E-state index in [1.165, 1.54) is 24.3 Å². The van der Waals surface area contributed by atoms with Crippen LogP contribution < -0.4 is 0 Å². The summed E-state index contributed by atoms with van der Waals surface area (Å²) in [7, 11) is 0. The first kappa shape index (κ1) is 14.8. The Kier molecular flexibility index (Phi) is 3.51. The molecule has 2 nitrogen and oxygen atoms in total. The van der Waals surface area contributed by atoms with Gasteiger partial charge in [-0.2, -0.15) is 0 Å². The highest BCUT2D eigenvalue weighted by Gasteiger charge is 2.17. The van der Waals surface area contributed by atoms with Crippen LogP contribution in [0.1, 0.15) is 65.0 Å². The van der Waals surface area contributed by atoms with Crippen LogP contribution in [0.4, 0.5) is 0 Å². The fraction of sp³-hybridized carbons (Fsp3) is 0.216. The standard InChI is InChI=1S/C37H35NO/c1-22-10-8-11-28-29-12-9-13-30(36(29)39-35(22)28)34-20-33(25(4)21-38-34)32-19-23(2)31(18-24(32)3)26-14-16-27(17-15-26)37(5,6)7/h8-21H,1-7H3/i1D3,2D3,3D3,4D3. The van der Waals surface area contributed by atoms with Gasteiger partial charge in [-0.25, -0.2) is 0 Å². The van der Waals surface area contributed by atoms with Gasteiger partial charge in [-0.05, 0) is 95.0 Å². The summed E-state index contributed by atoms with van der Waals surface area (Å²) in [6, 6.07) is 21.3. The number of pyridine rings is 1. The summed E-state index contributed by atoms with van der Waals surface area (Å²) in [6.07, 6.45) is 1.14. The predicted octanol–water partition coefficient (Wildman–Crippen LogP) is 10.5. The molecule has 2 heterocycles. The van der Waals surface area contributed by atoms with Crippen molar-refractivity contribution in [3.05, 3.63) is 113 Å². The lowest BCUT2D eigenvalue weighted by molar-refractivity contribution is 0.590. The van der Waals surface area contributed by atoms with E-state index in [9.17, 15) is 0 Å². The predicted molar refractivity (Wildman–Crippen MR) is 165 cm³/mol. The Morgan fingerprint density at radius 1 is 0.615 bits per heavy atom. The van der Waals surface area contributed by atoms with Crippen molar-refractivity contribution in [2.75, 3.05) is 0 Å². The summed E-state index contributed by atoms with van der Waals surface area (Å²) >= 11 is 0. The molecule has 0 fully saturated rings. The average molecular weight is 522 g/mol. The third kappa shape index (κ3) is 4.34. The Balaban J connectivity index is 1.65. The van der Waals surface area contributed by atoms with Gasteiger partial charge in [-0.15, -0.1) is 0 Å². The summed E-state index contributed by atoms with van der Waals surface area (Å²) in [4.78, 5) is 4.47. The fourth-order valence-electron chi connectivity index (χ4n) is 5.06. The number of benzene rings is 4. The number of nitrogens with zero attached hydrogens (tertiary/aromatic N) is 1. The first-order chi connectivity index (χ1) is 23.5. The number of para-hydroxylation sites is 2. The Hall–Kier alpha value is -4.17. The van der Waals surface area contributed by atoms with Crippen LogP contribution in [0.2, 0.25) is 0 Å². The van der Waals surface area contributed by atoms with E-state index < -0.39 is 27.4 Å². The van der Waals surface area contributed by atoms with Crippen LogP contribution in [0.3, 0.4) is 0 Å². The maximum absolute atomic E-state index is 8.52. The summed E-state index contributed by atoms with van der Waals surface area (Å²) in [5.74, 6) is 0. The molecule has 2 heteroatoms.